The lowest BCUT2D eigenvalue weighted by atomic mass is 10.1. The fourth-order valence-corrected chi connectivity index (χ4v) is 2.55. The van der Waals surface area contributed by atoms with Gasteiger partial charge in [0.15, 0.2) is 0 Å². The molecule has 19 heavy (non-hydrogen) atoms. The van der Waals surface area contributed by atoms with Crippen molar-refractivity contribution < 1.29 is 0 Å². The van der Waals surface area contributed by atoms with Gasteiger partial charge in [-0.3, -0.25) is 0 Å². The number of aromatic nitrogens is 3. The predicted octanol–water partition coefficient (Wildman–Crippen LogP) is 3.61. The highest BCUT2D eigenvalue weighted by molar-refractivity contribution is 9.08. The van der Waals surface area contributed by atoms with Crippen LogP contribution in [0.4, 0.5) is 0 Å². The number of benzene rings is 1. The molecule has 0 radical (unpaired) electrons. The molecular formula is C15H20BrN3. The van der Waals surface area contributed by atoms with Gasteiger partial charge >= 0.3 is 0 Å². The van der Waals surface area contributed by atoms with Crippen LogP contribution in [0.3, 0.4) is 0 Å². The molecule has 0 aliphatic rings. The van der Waals surface area contributed by atoms with Crippen molar-refractivity contribution in [2.24, 2.45) is 5.92 Å². The first-order valence-electron chi connectivity index (χ1n) is 6.71. The van der Waals surface area contributed by atoms with Crippen LogP contribution in [-0.2, 0) is 24.7 Å². The fraction of sp³-hybridized carbons (Fsp3) is 0.467. The molecule has 0 fully saturated rings. The standard InChI is InChI=1S/C15H20BrN3/c1-12(2)11-19-14(17-18-15(19)10-16)9-8-13-6-4-3-5-7-13/h3-7,12H,8-11H2,1-2H3. The molecule has 3 nitrogen and oxygen atoms in total. The maximum Gasteiger partial charge on any atom is 0.143 e. The second kappa shape index (κ2) is 6.85. The van der Waals surface area contributed by atoms with Crippen molar-refractivity contribution in [1.29, 1.82) is 0 Å². The topological polar surface area (TPSA) is 30.7 Å². The van der Waals surface area contributed by atoms with Crippen LogP contribution in [0.15, 0.2) is 30.3 Å². The Hall–Kier alpha value is -1.16. The van der Waals surface area contributed by atoms with Crippen LogP contribution in [-0.4, -0.2) is 14.8 Å². The molecule has 102 valence electrons. The molecule has 1 aromatic heterocycles. The van der Waals surface area contributed by atoms with Crippen molar-refractivity contribution in [3.8, 4) is 0 Å². The number of nitrogens with zero attached hydrogens (tertiary/aromatic N) is 3. The van der Waals surface area contributed by atoms with Gasteiger partial charge in [-0.15, -0.1) is 10.2 Å². The highest BCUT2D eigenvalue weighted by atomic mass is 79.9. The molecule has 0 N–H and O–H groups in total. The van der Waals surface area contributed by atoms with E-state index in [0.717, 1.165) is 36.4 Å². The molecule has 0 saturated heterocycles. The van der Waals surface area contributed by atoms with E-state index in [1.165, 1.54) is 5.56 Å². The molecule has 0 aliphatic heterocycles. The van der Waals surface area contributed by atoms with Gasteiger partial charge in [-0.05, 0) is 17.9 Å². The number of aryl methyl sites for hydroxylation is 2. The average molecular weight is 322 g/mol. The van der Waals surface area contributed by atoms with Crippen molar-refractivity contribution in [3.05, 3.63) is 47.5 Å². The van der Waals surface area contributed by atoms with E-state index in [1.54, 1.807) is 0 Å². The highest BCUT2D eigenvalue weighted by Gasteiger charge is 2.12. The van der Waals surface area contributed by atoms with Crippen molar-refractivity contribution >= 4 is 15.9 Å². The zero-order valence-electron chi connectivity index (χ0n) is 11.5. The number of rotatable bonds is 6. The zero-order chi connectivity index (χ0) is 13.7. The van der Waals surface area contributed by atoms with Crippen molar-refractivity contribution in [1.82, 2.24) is 14.8 Å². The molecule has 0 saturated carbocycles. The average Bonchev–Trinajstić information content (AvgIpc) is 2.79. The van der Waals surface area contributed by atoms with Gasteiger partial charge < -0.3 is 4.57 Å². The van der Waals surface area contributed by atoms with E-state index in [-0.39, 0.29) is 0 Å². The first-order valence-corrected chi connectivity index (χ1v) is 7.83. The Morgan fingerprint density at radius 3 is 2.37 bits per heavy atom. The molecular weight excluding hydrogens is 302 g/mol. The minimum absolute atomic E-state index is 0.601. The van der Waals surface area contributed by atoms with Crippen LogP contribution in [0, 0.1) is 5.92 Å². The second-order valence-corrected chi connectivity index (χ2v) is 5.72. The van der Waals surface area contributed by atoms with Crippen LogP contribution >= 0.6 is 15.9 Å². The summed E-state index contributed by atoms with van der Waals surface area (Å²) in [7, 11) is 0. The smallest absolute Gasteiger partial charge is 0.143 e. The van der Waals surface area contributed by atoms with E-state index in [9.17, 15) is 0 Å². The highest BCUT2D eigenvalue weighted by Crippen LogP contribution is 2.12. The normalized spacial score (nSPS) is 11.2. The SMILES string of the molecule is CC(C)Cn1c(CBr)nnc1CCc1ccccc1. The van der Waals surface area contributed by atoms with Gasteiger partial charge in [0.1, 0.15) is 11.6 Å². The molecule has 2 rings (SSSR count). The van der Waals surface area contributed by atoms with E-state index in [0.29, 0.717) is 5.92 Å². The lowest BCUT2D eigenvalue weighted by Gasteiger charge is -2.11. The third kappa shape index (κ3) is 3.90. The number of hydrogen-bond donors (Lipinski definition) is 0. The Labute approximate surface area is 123 Å². The summed E-state index contributed by atoms with van der Waals surface area (Å²) in [4.78, 5) is 0. The van der Waals surface area contributed by atoms with Crippen LogP contribution in [0.25, 0.3) is 0 Å². The number of hydrogen-bond acceptors (Lipinski definition) is 2. The minimum Gasteiger partial charge on any atom is -0.314 e. The zero-order valence-corrected chi connectivity index (χ0v) is 13.1. The molecule has 0 unspecified atom stereocenters. The molecule has 4 heteroatoms. The van der Waals surface area contributed by atoms with Gasteiger partial charge in [-0.1, -0.05) is 60.1 Å². The predicted molar refractivity (Wildman–Crippen MR) is 81.3 cm³/mol. The Balaban J connectivity index is 2.09. The molecule has 0 bridgehead atoms. The second-order valence-electron chi connectivity index (χ2n) is 5.16. The van der Waals surface area contributed by atoms with Gasteiger partial charge in [0.05, 0.1) is 5.33 Å². The van der Waals surface area contributed by atoms with E-state index in [1.807, 2.05) is 6.07 Å². The van der Waals surface area contributed by atoms with Gasteiger partial charge in [-0.2, -0.15) is 0 Å². The van der Waals surface area contributed by atoms with Crippen molar-refractivity contribution in [2.75, 3.05) is 0 Å². The van der Waals surface area contributed by atoms with E-state index in [2.05, 4.69) is 68.8 Å². The van der Waals surface area contributed by atoms with Gasteiger partial charge in [-0.25, -0.2) is 0 Å². The third-order valence-electron chi connectivity index (χ3n) is 3.05. The summed E-state index contributed by atoms with van der Waals surface area (Å²) >= 11 is 3.48. The molecule has 2 aromatic rings. The van der Waals surface area contributed by atoms with Crippen LogP contribution < -0.4 is 0 Å². The Morgan fingerprint density at radius 1 is 1.05 bits per heavy atom. The fourth-order valence-electron chi connectivity index (χ4n) is 2.13. The summed E-state index contributed by atoms with van der Waals surface area (Å²) in [6, 6.07) is 10.5. The maximum absolute atomic E-state index is 4.34. The quantitative estimate of drug-likeness (QED) is 0.761. The molecule has 0 atom stereocenters. The van der Waals surface area contributed by atoms with Crippen molar-refractivity contribution in [2.45, 2.75) is 38.6 Å². The number of halogens is 1. The molecule has 0 spiro atoms. The monoisotopic (exact) mass is 321 g/mol. The van der Waals surface area contributed by atoms with Crippen LogP contribution in [0.2, 0.25) is 0 Å². The molecule has 0 amide bonds. The summed E-state index contributed by atoms with van der Waals surface area (Å²) < 4.78 is 2.25. The summed E-state index contributed by atoms with van der Waals surface area (Å²) in [5, 5.41) is 9.37. The van der Waals surface area contributed by atoms with Crippen LogP contribution in [0.1, 0.15) is 31.1 Å². The Bertz CT molecular complexity index is 505. The summed E-state index contributed by atoms with van der Waals surface area (Å²) in [5.41, 5.74) is 1.35. The molecule has 1 heterocycles. The lowest BCUT2D eigenvalue weighted by Crippen LogP contribution is -2.12. The first-order chi connectivity index (χ1) is 9.20. The first kappa shape index (κ1) is 14.3. The Morgan fingerprint density at radius 2 is 1.74 bits per heavy atom. The van der Waals surface area contributed by atoms with Crippen LogP contribution in [0.5, 0.6) is 0 Å². The molecule has 1 aromatic carbocycles. The maximum atomic E-state index is 4.34. The summed E-state index contributed by atoms with van der Waals surface area (Å²) in [6.07, 6.45) is 1.95. The van der Waals surface area contributed by atoms with Crippen molar-refractivity contribution in [3.63, 3.8) is 0 Å². The third-order valence-corrected chi connectivity index (χ3v) is 3.55. The van der Waals surface area contributed by atoms with Gasteiger partial charge in [0.25, 0.3) is 0 Å². The Kier molecular flexibility index (Phi) is 5.14. The summed E-state index contributed by atoms with van der Waals surface area (Å²) in [6.45, 7) is 5.43. The van der Waals surface area contributed by atoms with Gasteiger partial charge in [0, 0.05) is 13.0 Å². The number of alkyl halides is 1. The van der Waals surface area contributed by atoms with Gasteiger partial charge in [0.2, 0.25) is 0 Å². The van der Waals surface area contributed by atoms with E-state index in [4.69, 9.17) is 0 Å². The molecule has 0 aliphatic carbocycles. The summed E-state index contributed by atoms with van der Waals surface area (Å²) in [5.74, 6) is 2.72. The van der Waals surface area contributed by atoms with E-state index >= 15 is 0 Å². The lowest BCUT2D eigenvalue weighted by molar-refractivity contribution is 0.496. The minimum atomic E-state index is 0.601. The largest absolute Gasteiger partial charge is 0.314 e. The van der Waals surface area contributed by atoms with E-state index < -0.39 is 0 Å².